The van der Waals surface area contributed by atoms with Gasteiger partial charge in [0.2, 0.25) is 5.82 Å². The van der Waals surface area contributed by atoms with Crippen LogP contribution in [0.4, 0.5) is 4.39 Å². The molecule has 3 heterocycles. The first-order valence-corrected chi connectivity index (χ1v) is 8.99. The van der Waals surface area contributed by atoms with E-state index in [1.807, 2.05) is 35.8 Å². The molecule has 0 amide bonds. The molecule has 28 heavy (non-hydrogen) atoms. The Hall–Kier alpha value is -3.32. The van der Waals surface area contributed by atoms with Gasteiger partial charge in [0.1, 0.15) is 11.9 Å². The monoisotopic (exact) mass is 376 g/mol. The van der Waals surface area contributed by atoms with Crippen molar-refractivity contribution in [1.29, 1.82) is 0 Å². The van der Waals surface area contributed by atoms with Gasteiger partial charge in [0.15, 0.2) is 5.69 Å². The third-order valence-corrected chi connectivity index (χ3v) is 4.88. The number of rotatable bonds is 3. The van der Waals surface area contributed by atoms with Crippen molar-refractivity contribution in [1.82, 2.24) is 19.7 Å². The standard InChI is InChI=1S/C21H17FN4O2/c1-13-3-2-4-15(9-13)20-24-21(28-25-20)19-17-11-27-18(10-26(17)12-23-19)14-5-7-16(22)8-6-14/h2-9,12,18H,10-11H2,1H3. The maximum Gasteiger partial charge on any atom is 0.278 e. The van der Waals surface area contributed by atoms with Crippen molar-refractivity contribution in [2.75, 3.05) is 0 Å². The molecule has 0 radical (unpaired) electrons. The zero-order valence-electron chi connectivity index (χ0n) is 15.2. The summed E-state index contributed by atoms with van der Waals surface area (Å²) in [7, 11) is 0. The third kappa shape index (κ3) is 2.99. The minimum Gasteiger partial charge on any atom is -0.365 e. The fourth-order valence-electron chi connectivity index (χ4n) is 3.41. The van der Waals surface area contributed by atoms with Crippen LogP contribution in [0.2, 0.25) is 0 Å². The Kier molecular flexibility index (Phi) is 4.02. The van der Waals surface area contributed by atoms with Crippen molar-refractivity contribution < 1.29 is 13.7 Å². The van der Waals surface area contributed by atoms with Gasteiger partial charge in [-0.15, -0.1) is 0 Å². The number of aromatic nitrogens is 4. The third-order valence-electron chi connectivity index (χ3n) is 4.88. The number of nitrogens with zero attached hydrogens (tertiary/aromatic N) is 4. The topological polar surface area (TPSA) is 66.0 Å². The van der Waals surface area contributed by atoms with Crippen LogP contribution >= 0.6 is 0 Å². The van der Waals surface area contributed by atoms with Gasteiger partial charge in [-0.1, -0.05) is 41.1 Å². The molecule has 6 nitrogen and oxygen atoms in total. The van der Waals surface area contributed by atoms with E-state index in [0.717, 1.165) is 22.4 Å². The molecule has 1 aliphatic rings. The van der Waals surface area contributed by atoms with Gasteiger partial charge < -0.3 is 13.8 Å². The lowest BCUT2D eigenvalue weighted by Crippen LogP contribution is -2.20. The molecular formula is C21H17FN4O2. The van der Waals surface area contributed by atoms with E-state index < -0.39 is 0 Å². The number of aryl methyl sites for hydroxylation is 1. The number of benzene rings is 2. The van der Waals surface area contributed by atoms with Crippen molar-refractivity contribution in [3.8, 4) is 23.0 Å². The van der Waals surface area contributed by atoms with Crippen molar-refractivity contribution in [3.05, 3.63) is 77.5 Å². The highest BCUT2D eigenvalue weighted by atomic mass is 19.1. The Morgan fingerprint density at radius 3 is 2.82 bits per heavy atom. The number of hydrogen-bond acceptors (Lipinski definition) is 5. The van der Waals surface area contributed by atoms with Crippen LogP contribution in [0, 0.1) is 12.7 Å². The van der Waals surface area contributed by atoms with Crippen LogP contribution in [0.3, 0.4) is 0 Å². The predicted octanol–water partition coefficient (Wildman–Crippen LogP) is 4.32. The van der Waals surface area contributed by atoms with Crippen LogP contribution < -0.4 is 0 Å². The van der Waals surface area contributed by atoms with E-state index in [9.17, 15) is 4.39 Å². The molecular weight excluding hydrogens is 359 g/mol. The average molecular weight is 376 g/mol. The Morgan fingerprint density at radius 1 is 1.14 bits per heavy atom. The van der Waals surface area contributed by atoms with Gasteiger partial charge in [-0.25, -0.2) is 9.37 Å². The van der Waals surface area contributed by atoms with E-state index in [4.69, 9.17) is 9.26 Å². The second-order valence-electron chi connectivity index (χ2n) is 6.84. The summed E-state index contributed by atoms with van der Waals surface area (Å²) < 4.78 is 26.6. The Labute approximate surface area is 160 Å². The number of ether oxygens (including phenoxy) is 1. The fraction of sp³-hybridized carbons (Fsp3) is 0.190. The van der Waals surface area contributed by atoms with Crippen LogP contribution in [0.5, 0.6) is 0 Å². The lowest BCUT2D eigenvalue weighted by Gasteiger charge is -2.25. The van der Waals surface area contributed by atoms with E-state index in [-0.39, 0.29) is 11.9 Å². The largest absolute Gasteiger partial charge is 0.365 e. The van der Waals surface area contributed by atoms with Crippen molar-refractivity contribution in [3.63, 3.8) is 0 Å². The number of fused-ring (bicyclic) bond motifs is 1. The van der Waals surface area contributed by atoms with Crippen LogP contribution in [-0.2, 0) is 17.9 Å². The van der Waals surface area contributed by atoms with Crippen LogP contribution in [0.1, 0.15) is 22.9 Å². The zero-order valence-corrected chi connectivity index (χ0v) is 15.2. The highest BCUT2D eigenvalue weighted by Gasteiger charge is 2.26. The molecule has 0 saturated carbocycles. The second kappa shape index (κ2) is 6.69. The molecule has 1 aliphatic heterocycles. The molecule has 7 heteroatoms. The zero-order chi connectivity index (χ0) is 19.1. The summed E-state index contributed by atoms with van der Waals surface area (Å²) in [6.45, 7) is 2.97. The molecule has 0 N–H and O–H groups in total. The van der Waals surface area contributed by atoms with E-state index in [0.29, 0.717) is 30.6 Å². The van der Waals surface area contributed by atoms with E-state index in [2.05, 4.69) is 15.1 Å². The molecule has 140 valence electrons. The molecule has 0 bridgehead atoms. The summed E-state index contributed by atoms with van der Waals surface area (Å²) in [6.07, 6.45) is 1.60. The quantitative estimate of drug-likeness (QED) is 0.533. The second-order valence-corrected chi connectivity index (χ2v) is 6.84. The Bertz CT molecular complexity index is 1130. The van der Waals surface area contributed by atoms with Crippen molar-refractivity contribution >= 4 is 0 Å². The maximum absolute atomic E-state index is 13.2. The van der Waals surface area contributed by atoms with E-state index >= 15 is 0 Å². The minimum atomic E-state index is -0.258. The van der Waals surface area contributed by atoms with Crippen LogP contribution in [0.15, 0.2) is 59.4 Å². The van der Waals surface area contributed by atoms with Gasteiger partial charge in [-0.2, -0.15) is 4.98 Å². The molecule has 0 aliphatic carbocycles. The number of halogens is 1. The summed E-state index contributed by atoms with van der Waals surface area (Å²) in [5, 5.41) is 4.09. The Balaban J connectivity index is 1.42. The first kappa shape index (κ1) is 16.8. The van der Waals surface area contributed by atoms with Gasteiger partial charge in [0.25, 0.3) is 5.89 Å². The molecule has 0 spiro atoms. The molecule has 2 aromatic carbocycles. The molecule has 5 rings (SSSR count). The summed E-state index contributed by atoms with van der Waals surface area (Å²) in [4.78, 5) is 8.97. The summed E-state index contributed by atoms with van der Waals surface area (Å²) in [5.41, 5.74) is 4.47. The lowest BCUT2D eigenvalue weighted by molar-refractivity contribution is 0.00326. The summed E-state index contributed by atoms with van der Waals surface area (Å²) >= 11 is 0. The molecule has 0 fully saturated rings. The van der Waals surface area contributed by atoms with Crippen LogP contribution in [0.25, 0.3) is 23.0 Å². The highest BCUT2D eigenvalue weighted by Crippen LogP contribution is 2.32. The van der Waals surface area contributed by atoms with Crippen LogP contribution in [-0.4, -0.2) is 19.7 Å². The maximum atomic E-state index is 13.2. The van der Waals surface area contributed by atoms with Crippen molar-refractivity contribution in [2.24, 2.45) is 0 Å². The van der Waals surface area contributed by atoms with E-state index in [1.165, 1.54) is 12.1 Å². The average Bonchev–Trinajstić information content (AvgIpc) is 3.35. The minimum absolute atomic E-state index is 0.152. The molecule has 2 aromatic heterocycles. The molecule has 4 aromatic rings. The number of imidazole rings is 1. The molecule has 1 unspecified atom stereocenters. The number of hydrogen-bond donors (Lipinski definition) is 0. The van der Waals surface area contributed by atoms with E-state index in [1.54, 1.807) is 18.5 Å². The Morgan fingerprint density at radius 2 is 2.00 bits per heavy atom. The summed E-state index contributed by atoms with van der Waals surface area (Å²) in [5.74, 6) is 0.640. The smallest absolute Gasteiger partial charge is 0.278 e. The summed E-state index contributed by atoms with van der Waals surface area (Å²) in [6, 6.07) is 14.3. The highest BCUT2D eigenvalue weighted by molar-refractivity contribution is 5.59. The molecule has 0 saturated heterocycles. The predicted molar refractivity (Wildman–Crippen MR) is 99.6 cm³/mol. The van der Waals surface area contributed by atoms with Gasteiger partial charge >= 0.3 is 0 Å². The van der Waals surface area contributed by atoms with Gasteiger partial charge in [0.05, 0.1) is 25.2 Å². The first-order valence-electron chi connectivity index (χ1n) is 8.99. The SMILES string of the molecule is Cc1cccc(-c2noc(-c3ncn4c3COC(c3ccc(F)cc3)C4)n2)c1. The van der Waals surface area contributed by atoms with Gasteiger partial charge in [-0.05, 0) is 30.7 Å². The van der Waals surface area contributed by atoms with Gasteiger partial charge in [0, 0.05) is 5.56 Å². The molecule has 1 atom stereocenters. The lowest BCUT2D eigenvalue weighted by atomic mass is 10.1. The normalized spacial score (nSPS) is 16.1. The first-order chi connectivity index (χ1) is 13.7. The van der Waals surface area contributed by atoms with Crippen molar-refractivity contribution in [2.45, 2.75) is 26.2 Å². The van der Waals surface area contributed by atoms with Gasteiger partial charge in [-0.3, -0.25) is 0 Å². The fourth-order valence-corrected chi connectivity index (χ4v) is 3.41.